The van der Waals surface area contributed by atoms with Crippen LogP contribution >= 0.6 is 0 Å². The lowest BCUT2D eigenvalue weighted by Gasteiger charge is -2.25. The lowest BCUT2D eigenvalue weighted by molar-refractivity contribution is -0.148. The fourth-order valence-corrected chi connectivity index (χ4v) is 2.39. The normalized spacial score (nSPS) is 13.2. The van der Waals surface area contributed by atoms with Gasteiger partial charge in [-0.15, -0.1) is 0 Å². The van der Waals surface area contributed by atoms with Crippen LogP contribution in [-0.2, 0) is 33.4 Å². The van der Waals surface area contributed by atoms with Crippen molar-refractivity contribution in [2.75, 3.05) is 13.2 Å². The number of hydrogen-bond donors (Lipinski definition) is 3. The zero-order chi connectivity index (χ0) is 24.9. The standard InChI is InChI=1S/C21H35N3O8/c1-7-30-17(26)9-8-10-31-19(28)15(12-16(22)25)23-18(27)14(11-13(2)3)24-20(29)32-21(4,5)6/h8-9,13-15H,7,10-12H2,1-6H3,(H2,22,25)(H,23,27)(H,24,29)/b9-8+/t14-,15-/m0/s1. The fraction of sp³-hybridized carbons (Fsp3) is 0.667. The molecule has 3 amide bonds. The van der Waals surface area contributed by atoms with Gasteiger partial charge in [-0.3, -0.25) is 9.59 Å². The van der Waals surface area contributed by atoms with E-state index in [-0.39, 0.29) is 25.6 Å². The van der Waals surface area contributed by atoms with Gasteiger partial charge in [-0.1, -0.05) is 13.8 Å². The molecule has 0 saturated heterocycles. The quantitative estimate of drug-likeness (QED) is 0.221. The highest BCUT2D eigenvalue weighted by Gasteiger charge is 2.30. The molecular formula is C21H35N3O8. The van der Waals surface area contributed by atoms with Gasteiger partial charge in [0.15, 0.2) is 0 Å². The van der Waals surface area contributed by atoms with Crippen molar-refractivity contribution in [2.24, 2.45) is 11.7 Å². The molecule has 11 nitrogen and oxygen atoms in total. The maximum Gasteiger partial charge on any atom is 0.408 e. The molecule has 0 spiro atoms. The second kappa shape index (κ2) is 14.0. The van der Waals surface area contributed by atoms with E-state index in [0.717, 1.165) is 6.08 Å². The highest BCUT2D eigenvalue weighted by Crippen LogP contribution is 2.10. The average molecular weight is 458 g/mol. The van der Waals surface area contributed by atoms with E-state index < -0.39 is 54.0 Å². The molecule has 11 heteroatoms. The van der Waals surface area contributed by atoms with Crippen LogP contribution < -0.4 is 16.4 Å². The Bertz CT molecular complexity index is 698. The summed E-state index contributed by atoms with van der Waals surface area (Å²) in [6.07, 6.45) is 1.29. The van der Waals surface area contributed by atoms with Gasteiger partial charge in [-0.25, -0.2) is 14.4 Å². The molecule has 0 radical (unpaired) electrons. The summed E-state index contributed by atoms with van der Waals surface area (Å²) >= 11 is 0. The summed E-state index contributed by atoms with van der Waals surface area (Å²) in [5.74, 6) is -3.04. The first kappa shape index (κ1) is 28.9. The smallest absolute Gasteiger partial charge is 0.408 e. The number of rotatable bonds is 12. The Morgan fingerprint density at radius 2 is 1.62 bits per heavy atom. The summed E-state index contributed by atoms with van der Waals surface area (Å²) in [7, 11) is 0. The maximum atomic E-state index is 12.8. The monoisotopic (exact) mass is 457 g/mol. The molecule has 0 aromatic heterocycles. The summed E-state index contributed by atoms with van der Waals surface area (Å²) in [6.45, 7) is 10.3. The summed E-state index contributed by atoms with van der Waals surface area (Å²) < 4.78 is 14.8. The van der Waals surface area contributed by atoms with E-state index in [1.807, 2.05) is 13.8 Å². The number of primary amides is 1. The van der Waals surface area contributed by atoms with Crippen LogP contribution in [0, 0.1) is 5.92 Å². The minimum Gasteiger partial charge on any atom is -0.463 e. The van der Waals surface area contributed by atoms with E-state index in [4.69, 9.17) is 19.9 Å². The molecule has 32 heavy (non-hydrogen) atoms. The van der Waals surface area contributed by atoms with Gasteiger partial charge in [0.1, 0.15) is 24.3 Å². The van der Waals surface area contributed by atoms with Crippen molar-refractivity contribution in [3.8, 4) is 0 Å². The fourth-order valence-electron chi connectivity index (χ4n) is 2.39. The number of esters is 2. The zero-order valence-corrected chi connectivity index (χ0v) is 19.6. The Morgan fingerprint density at radius 1 is 1.00 bits per heavy atom. The topological polar surface area (TPSA) is 163 Å². The summed E-state index contributed by atoms with van der Waals surface area (Å²) in [6, 6.07) is -2.39. The minimum absolute atomic E-state index is 0.0234. The molecule has 0 heterocycles. The lowest BCUT2D eigenvalue weighted by Crippen LogP contribution is -2.53. The van der Waals surface area contributed by atoms with Crippen LogP contribution in [0.5, 0.6) is 0 Å². The number of hydrogen-bond acceptors (Lipinski definition) is 8. The Balaban J connectivity index is 5.18. The molecule has 0 rings (SSSR count). The molecule has 0 aromatic carbocycles. The van der Waals surface area contributed by atoms with E-state index in [0.29, 0.717) is 0 Å². The van der Waals surface area contributed by atoms with Crippen molar-refractivity contribution in [1.29, 1.82) is 0 Å². The number of carbonyl (C=O) groups excluding carboxylic acids is 5. The van der Waals surface area contributed by atoms with Gasteiger partial charge in [-0.05, 0) is 46.1 Å². The van der Waals surface area contributed by atoms with Crippen LogP contribution in [0.4, 0.5) is 4.79 Å². The van der Waals surface area contributed by atoms with E-state index in [9.17, 15) is 24.0 Å². The molecule has 0 bridgehead atoms. The molecule has 0 aliphatic heterocycles. The van der Waals surface area contributed by atoms with Gasteiger partial charge in [0, 0.05) is 6.08 Å². The van der Waals surface area contributed by atoms with Gasteiger partial charge in [-0.2, -0.15) is 0 Å². The molecule has 0 aliphatic rings. The molecule has 0 saturated carbocycles. The van der Waals surface area contributed by atoms with Crippen molar-refractivity contribution in [3.05, 3.63) is 12.2 Å². The molecule has 0 unspecified atom stereocenters. The molecule has 0 aliphatic carbocycles. The van der Waals surface area contributed by atoms with Crippen LogP contribution in [0.3, 0.4) is 0 Å². The predicted molar refractivity (Wildman–Crippen MR) is 115 cm³/mol. The van der Waals surface area contributed by atoms with Crippen molar-refractivity contribution in [3.63, 3.8) is 0 Å². The second-order valence-corrected chi connectivity index (χ2v) is 8.34. The van der Waals surface area contributed by atoms with E-state index in [2.05, 4.69) is 10.6 Å². The minimum atomic E-state index is -1.37. The number of carbonyl (C=O) groups is 5. The van der Waals surface area contributed by atoms with E-state index in [1.54, 1.807) is 27.7 Å². The van der Waals surface area contributed by atoms with Gasteiger partial charge in [0.05, 0.1) is 13.0 Å². The first-order valence-electron chi connectivity index (χ1n) is 10.3. The Hall–Kier alpha value is -3.11. The number of amides is 3. The van der Waals surface area contributed by atoms with Crippen LogP contribution in [0.2, 0.25) is 0 Å². The SMILES string of the molecule is CCOC(=O)/C=C/COC(=O)[C@H](CC(N)=O)NC(=O)[C@H](CC(C)C)NC(=O)OC(C)(C)C. The molecule has 182 valence electrons. The third-order valence-electron chi connectivity index (χ3n) is 3.58. The molecule has 0 aromatic rings. The van der Waals surface area contributed by atoms with E-state index >= 15 is 0 Å². The molecule has 2 atom stereocenters. The zero-order valence-electron chi connectivity index (χ0n) is 19.6. The summed E-state index contributed by atoms with van der Waals surface area (Å²) in [4.78, 5) is 59.8. The average Bonchev–Trinajstić information content (AvgIpc) is 2.61. The Labute approximate surface area is 188 Å². The highest BCUT2D eigenvalue weighted by atomic mass is 16.6. The van der Waals surface area contributed by atoms with Crippen molar-refractivity contribution in [2.45, 2.75) is 72.1 Å². The number of alkyl carbamates (subject to hydrolysis) is 1. The number of ether oxygens (including phenoxy) is 3. The molecule has 0 fully saturated rings. The van der Waals surface area contributed by atoms with Gasteiger partial charge >= 0.3 is 18.0 Å². The number of nitrogens with two attached hydrogens (primary N) is 1. The van der Waals surface area contributed by atoms with Gasteiger partial charge in [0.25, 0.3) is 0 Å². The molecule has 4 N–H and O–H groups in total. The van der Waals surface area contributed by atoms with Crippen LogP contribution in [-0.4, -0.2) is 60.7 Å². The van der Waals surface area contributed by atoms with Crippen molar-refractivity contribution >= 4 is 29.8 Å². The Kier molecular flexibility index (Phi) is 12.7. The van der Waals surface area contributed by atoms with Crippen LogP contribution in [0.25, 0.3) is 0 Å². The van der Waals surface area contributed by atoms with Gasteiger partial charge in [0.2, 0.25) is 11.8 Å². The first-order valence-corrected chi connectivity index (χ1v) is 10.3. The van der Waals surface area contributed by atoms with E-state index in [1.165, 1.54) is 6.08 Å². The summed E-state index contributed by atoms with van der Waals surface area (Å²) in [5, 5.41) is 4.87. The van der Waals surface area contributed by atoms with Crippen molar-refractivity contribution < 1.29 is 38.2 Å². The third kappa shape index (κ3) is 14.0. The lowest BCUT2D eigenvalue weighted by atomic mass is 10.0. The first-order chi connectivity index (χ1) is 14.7. The highest BCUT2D eigenvalue weighted by molar-refractivity contribution is 5.92. The maximum absolute atomic E-state index is 12.8. The van der Waals surface area contributed by atoms with Crippen molar-refractivity contribution in [1.82, 2.24) is 10.6 Å². The number of nitrogens with one attached hydrogen (secondary N) is 2. The predicted octanol–water partition coefficient (Wildman–Crippen LogP) is 0.949. The third-order valence-corrected chi connectivity index (χ3v) is 3.58. The van der Waals surface area contributed by atoms with Crippen LogP contribution in [0.15, 0.2) is 12.2 Å². The Morgan fingerprint density at radius 3 is 2.12 bits per heavy atom. The molecular weight excluding hydrogens is 422 g/mol. The summed E-state index contributed by atoms with van der Waals surface area (Å²) in [5.41, 5.74) is 4.41. The largest absolute Gasteiger partial charge is 0.463 e. The second-order valence-electron chi connectivity index (χ2n) is 8.34. The van der Waals surface area contributed by atoms with Crippen LogP contribution in [0.1, 0.15) is 54.4 Å². The van der Waals surface area contributed by atoms with Gasteiger partial charge < -0.3 is 30.6 Å².